The quantitative estimate of drug-likeness (QED) is 0.684. The number of pyridine rings is 1. The lowest BCUT2D eigenvalue weighted by atomic mass is 9.83. The zero-order valence-corrected chi connectivity index (χ0v) is 18.6. The molecule has 0 radical (unpaired) electrons. The van der Waals surface area contributed by atoms with Gasteiger partial charge in [0.25, 0.3) is 5.56 Å². The molecule has 2 aliphatic rings. The van der Waals surface area contributed by atoms with Crippen LogP contribution in [0.1, 0.15) is 18.0 Å². The number of anilines is 1. The molecule has 1 aromatic heterocycles. The fourth-order valence-electron chi connectivity index (χ4n) is 4.04. The van der Waals surface area contributed by atoms with Crippen LogP contribution < -0.4 is 10.9 Å². The monoisotopic (exact) mass is 467 g/mol. The van der Waals surface area contributed by atoms with E-state index in [0.717, 1.165) is 31.7 Å². The first kappa shape index (κ1) is 20.7. The first-order chi connectivity index (χ1) is 13.9. The third-order valence-corrected chi connectivity index (χ3v) is 7.36. The van der Waals surface area contributed by atoms with Gasteiger partial charge in [0.05, 0.1) is 16.5 Å². The van der Waals surface area contributed by atoms with Crippen LogP contribution in [0.15, 0.2) is 41.2 Å². The number of benzene rings is 1. The molecule has 1 amide bonds. The number of fused-ring (bicyclic) bond motifs is 4. The molecule has 1 saturated heterocycles. The molecule has 1 aromatic carbocycles. The predicted octanol–water partition coefficient (Wildman–Crippen LogP) is 4.23. The van der Waals surface area contributed by atoms with Crippen molar-refractivity contribution in [3.05, 3.63) is 62.5 Å². The number of likely N-dealkylation sites (tertiary alicyclic amines) is 1. The van der Waals surface area contributed by atoms with Gasteiger partial charge >= 0.3 is 0 Å². The maximum Gasteiger partial charge on any atom is 0.250 e. The lowest BCUT2D eigenvalue weighted by Gasteiger charge is -2.43. The minimum atomic E-state index is -0.185. The minimum Gasteiger partial charge on any atom is -0.356 e. The largest absolute Gasteiger partial charge is 0.356 e. The van der Waals surface area contributed by atoms with Crippen LogP contribution in [0.3, 0.4) is 0 Å². The molecule has 0 spiro atoms. The molecular formula is C20H19Cl2N3O2S2. The van der Waals surface area contributed by atoms with Crippen LogP contribution in [-0.2, 0) is 11.3 Å². The number of rotatable bonds is 3. The Bertz CT molecular complexity index is 1030. The molecule has 1 N–H and O–H groups in total. The minimum absolute atomic E-state index is 0.0685. The van der Waals surface area contributed by atoms with E-state index in [2.05, 4.69) is 10.2 Å². The molecular weight excluding hydrogens is 449 g/mol. The lowest BCUT2D eigenvalue weighted by molar-refractivity contribution is -0.113. The van der Waals surface area contributed by atoms with Crippen molar-refractivity contribution in [2.45, 2.75) is 18.9 Å². The van der Waals surface area contributed by atoms with Crippen molar-refractivity contribution < 1.29 is 4.79 Å². The van der Waals surface area contributed by atoms with Crippen LogP contribution in [0.5, 0.6) is 0 Å². The van der Waals surface area contributed by atoms with Gasteiger partial charge in [-0.3, -0.25) is 9.59 Å². The lowest BCUT2D eigenvalue weighted by Crippen LogP contribution is -2.48. The molecule has 2 aromatic rings. The number of amides is 1. The Morgan fingerprint density at radius 1 is 1.21 bits per heavy atom. The van der Waals surface area contributed by atoms with E-state index in [4.69, 9.17) is 35.4 Å². The second kappa shape index (κ2) is 8.68. The average molecular weight is 468 g/mol. The van der Waals surface area contributed by atoms with E-state index in [0.29, 0.717) is 26.0 Å². The van der Waals surface area contributed by atoms with E-state index in [1.54, 1.807) is 24.3 Å². The summed E-state index contributed by atoms with van der Waals surface area (Å²) in [5, 5.41) is 3.72. The average Bonchev–Trinajstić information content (AvgIpc) is 2.69. The highest BCUT2D eigenvalue weighted by Gasteiger charge is 2.35. The molecule has 2 bridgehead atoms. The third-order valence-electron chi connectivity index (χ3n) is 5.27. The molecule has 0 saturated carbocycles. The van der Waals surface area contributed by atoms with Gasteiger partial charge in [-0.1, -0.05) is 53.2 Å². The number of hydrogen-bond acceptors (Lipinski definition) is 4. The second-order valence-corrected chi connectivity index (χ2v) is 9.78. The highest BCUT2D eigenvalue weighted by atomic mass is 35.5. The van der Waals surface area contributed by atoms with E-state index < -0.39 is 0 Å². The summed E-state index contributed by atoms with van der Waals surface area (Å²) in [5.41, 5.74) is 1.64. The van der Waals surface area contributed by atoms with Gasteiger partial charge in [0, 0.05) is 42.3 Å². The number of nitrogens with one attached hydrogen (secondary N) is 1. The van der Waals surface area contributed by atoms with Crippen LogP contribution in [0.4, 0.5) is 5.69 Å². The Morgan fingerprint density at radius 2 is 2.03 bits per heavy atom. The van der Waals surface area contributed by atoms with Crippen LogP contribution in [0.25, 0.3) is 0 Å². The summed E-state index contributed by atoms with van der Waals surface area (Å²) in [7, 11) is 0. The van der Waals surface area contributed by atoms with Gasteiger partial charge in [-0.15, -0.1) is 0 Å². The summed E-state index contributed by atoms with van der Waals surface area (Å²) in [4.78, 5) is 26.6. The number of aromatic nitrogens is 1. The van der Waals surface area contributed by atoms with Gasteiger partial charge in [0.1, 0.15) is 4.32 Å². The normalized spacial score (nSPS) is 20.1. The number of halogens is 2. The Labute approximate surface area is 188 Å². The molecule has 2 atom stereocenters. The Hall–Kier alpha value is -1.54. The van der Waals surface area contributed by atoms with Gasteiger partial charge in [-0.2, -0.15) is 0 Å². The number of nitrogens with zero attached hydrogens (tertiary/aromatic N) is 2. The van der Waals surface area contributed by atoms with Crippen molar-refractivity contribution in [3.63, 3.8) is 0 Å². The molecule has 5 nitrogen and oxygen atoms in total. The Kier molecular flexibility index (Phi) is 6.20. The van der Waals surface area contributed by atoms with E-state index in [9.17, 15) is 9.59 Å². The summed E-state index contributed by atoms with van der Waals surface area (Å²) >= 11 is 19.0. The predicted molar refractivity (Wildman–Crippen MR) is 123 cm³/mol. The van der Waals surface area contributed by atoms with Gasteiger partial charge in [-0.05, 0) is 36.6 Å². The standard InChI is InChI=1S/C20H19Cl2N3O2S2/c21-14-4-5-15(22)16(7-14)23-18(26)11-29-20(28)24-8-12-6-13(10-24)17-2-1-3-19(27)25(17)9-12/h1-5,7,12-13H,6,8-11H2,(H,23,26)/t12-,13-/m0/s1. The summed E-state index contributed by atoms with van der Waals surface area (Å²) < 4.78 is 2.60. The second-order valence-electron chi connectivity index (χ2n) is 7.33. The smallest absolute Gasteiger partial charge is 0.250 e. The molecule has 29 heavy (non-hydrogen) atoms. The summed E-state index contributed by atoms with van der Waals surface area (Å²) in [6, 6.07) is 10.4. The molecule has 3 heterocycles. The number of thioether (sulfide) groups is 1. The molecule has 1 fully saturated rings. The van der Waals surface area contributed by atoms with Crippen molar-refractivity contribution in [2.24, 2.45) is 5.92 Å². The highest BCUT2D eigenvalue weighted by molar-refractivity contribution is 8.23. The van der Waals surface area contributed by atoms with Crippen molar-refractivity contribution in [1.82, 2.24) is 9.47 Å². The zero-order chi connectivity index (χ0) is 20.5. The molecule has 0 aliphatic carbocycles. The van der Waals surface area contributed by atoms with Crippen LogP contribution in [-0.4, -0.2) is 38.5 Å². The van der Waals surface area contributed by atoms with Crippen LogP contribution >= 0.6 is 47.2 Å². The molecule has 9 heteroatoms. The SMILES string of the molecule is O=C(CSC(=S)N1C[C@@H]2C[C@@H](C1)c1cccc(=O)n1C2)Nc1cc(Cl)ccc1Cl. The summed E-state index contributed by atoms with van der Waals surface area (Å²) in [6.07, 6.45) is 1.07. The van der Waals surface area contributed by atoms with Crippen LogP contribution in [0, 0.1) is 5.92 Å². The van der Waals surface area contributed by atoms with E-state index in [1.807, 2.05) is 16.7 Å². The summed E-state index contributed by atoms with van der Waals surface area (Å²) in [6.45, 7) is 2.31. The number of carbonyl (C=O) groups is 1. The van der Waals surface area contributed by atoms with Gasteiger partial charge in [-0.25, -0.2) is 0 Å². The van der Waals surface area contributed by atoms with E-state index in [-0.39, 0.29) is 23.1 Å². The van der Waals surface area contributed by atoms with Gasteiger partial charge in [0.2, 0.25) is 5.91 Å². The number of piperidine rings is 1. The fourth-order valence-corrected chi connectivity index (χ4v) is 5.36. The van der Waals surface area contributed by atoms with Crippen molar-refractivity contribution >= 4 is 63.1 Å². The Morgan fingerprint density at radius 3 is 2.86 bits per heavy atom. The first-order valence-electron chi connectivity index (χ1n) is 9.27. The van der Waals surface area contributed by atoms with E-state index >= 15 is 0 Å². The molecule has 0 unspecified atom stereocenters. The van der Waals surface area contributed by atoms with Crippen molar-refractivity contribution in [2.75, 3.05) is 24.2 Å². The van der Waals surface area contributed by atoms with Crippen molar-refractivity contribution in [3.8, 4) is 0 Å². The van der Waals surface area contributed by atoms with Gasteiger partial charge in [0.15, 0.2) is 0 Å². The fraction of sp³-hybridized carbons (Fsp3) is 0.350. The molecule has 152 valence electrons. The maximum atomic E-state index is 12.3. The highest BCUT2D eigenvalue weighted by Crippen LogP contribution is 2.36. The summed E-state index contributed by atoms with van der Waals surface area (Å²) in [5.74, 6) is 0.687. The number of carbonyl (C=O) groups excluding carboxylic acids is 1. The Balaban J connectivity index is 1.36. The van der Waals surface area contributed by atoms with Crippen LogP contribution in [0.2, 0.25) is 10.0 Å². The zero-order valence-electron chi connectivity index (χ0n) is 15.4. The maximum absolute atomic E-state index is 12.3. The third kappa shape index (κ3) is 4.63. The van der Waals surface area contributed by atoms with Crippen molar-refractivity contribution in [1.29, 1.82) is 0 Å². The number of hydrogen-bond donors (Lipinski definition) is 1. The topological polar surface area (TPSA) is 54.3 Å². The number of thiocarbonyl (C=S) groups is 1. The van der Waals surface area contributed by atoms with E-state index in [1.165, 1.54) is 11.8 Å². The first-order valence-corrected chi connectivity index (χ1v) is 11.4. The molecule has 2 aliphatic heterocycles. The molecule has 4 rings (SSSR count). The van der Waals surface area contributed by atoms with Gasteiger partial charge < -0.3 is 14.8 Å².